The Bertz CT molecular complexity index is 307. The van der Waals surface area contributed by atoms with Crippen LogP contribution in [0.15, 0.2) is 4.99 Å². The predicted octanol–water partition coefficient (Wildman–Crippen LogP) is 2.65. The van der Waals surface area contributed by atoms with Crippen LogP contribution in [0.1, 0.15) is 47.5 Å². The molecule has 0 saturated carbocycles. The van der Waals surface area contributed by atoms with Crippen molar-refractivity contribution in [2.24, 2.45) is 22.2 Å². The minimum Gasteiger partial charge on any atom is -0.377 e. The van der Waals surface area contributed by atoms with E-state index in [4.69, 9.17) is 4.74 Å². The Balaban J connectivity index is 2.48. The van der Waals surface area contributed by atoms with E-state index >= 15 is 0 Å². The molecule has 0 radical (unpaired) electrons. The molecule has 0 aromatic rings. The van der Waals surface area contributed by atoms with Crippen molar-refractivity contribution in [2.45, 2.75) is 53.6 Å². The van der Waals surface area contributed by atoms with Gasteiger partial charge in [0, 0.05) is 32.7 Å². The van der Waals surface area contributed by atoms with E-state index in [-0.39, 0.29) is 5.41 Å². The van der Waals surface area contributed by atoms with Crippen molar-refractivity contribution in [1.29, 1.82) is 0 Å². The molecule has 2 N–H and O–H groups in total. The molecule has 2 unspecified atom stereocenters. The maximum atomic E-state index is 6.02. The summed E-state index contributed by atoms with van der Waals surface area (Å²) in [6, 6.07) is 0. The molecule has 118 valence electrons. The fourth-order valence-electron chi connectivity index (χ4n) is 2.76. The first-order valence-corrected chi connectivity index (χ1v) is 7.90. The van der Waals surface area contributed by atoms with Gasteiger partial charge in [0.2, 0.25) is 0 Å². The summed E-state index contributed by atoms with van der Waals surface area (Å²) in [5.41, 5.74) is 0.196. The second-order valence-corrected chi connectivity index (χ2v) is 7.29. The SMILES string of the molecule is CN=C(NCC(C)C)NCC1CCCOC1C(C)(C)C. The smallest absolute Gasteiger partial charge is 0.190 e. The van der Waals surface area contributed by atoms with E-state index < -0.39 is 0 Å². The van der Waals surface area contributed by atoms with Gasteiger partial charge in [0.15, 0.2) is 5.96 Å². The lowest BCUT2D eigenvalue weighted by Gasteiger charge is -2.40. The second-order valence-electron chi connectivity index (χ2n) is 7.29. The summed E-state index contributed by atoms with van der Waals surface area (Å²) >= 11 is 0. The maximum absolute atomic E-state index is 6.02. The molecule has 0 spiro atoms. The van der Waals surface area contributed by atoms with E-state index in [9.17, 15) is 0 Å². The van der Waals surface area contributed by atoms with Gasteiger partial charge in [-0.1, -0.05) is 34.6 Å². The van der Waals surface area contributed by atoms with E-state index in [0.717, 1.165) is 32.1 Å². The van der Waals surface area contributed by atoms with Gasteiger partial charge in [-0.25, -0.2) is 0 Å². The molecule has 0 aromatic heterocycles. The van der Waals surface area contributed by atoms with Crippen LogP contribution in [0.2, 0.25) is 0 Å². The van der Waals surface area contributed by atoms with Gasteiger partial charge in [0.1, 0.15) is 0 Å². The molecule has 0 bridgehead atoms. The molecule has 1 fully saturated rings. The lowest BCUT2D eigenvalue weighted by Crippen LogP contribution is -2.47. The lowest BCUT2D eigenvalue weighted by molar-refractivity contribution is -0.0835. The molecular formula is C16H33N3O. The number of aliphatic imine (C=N–C) groups is 1. The molecule has 4 heteroatoms. The quantitative estimate of drug-likeness (QED) is 0.616. The van der Waals surface area contributed by atoms with E-state index in [0.29, 0.717) is 17.9 Å². The van der Waals surface area contributed by atoms with Gasteiger partial charge in [0.25, 0.3) is 0 Å². The van der Waals surface area contributed by atoms with E-state index in [1.54, 1.807) is 0 Å². The summed E-state index contributed by atoms with van der Waals surface area (Å²) in [6.45, 7) is 14.0. The van der Waals surface area contributed by atoms with Gasteiger partial charge in [0.05, 0.1) is 6.10 Å². The van der Waals surface area contributed by atoms with E-state index in [2.05, 4.69) is 50.2 Å². The summed E-state index contributed by atoms with van der Waals surface area (Å²) in [5.74, 6) is 2.08. The molecule has 1 aliphatic rings. The topological polar surface area (TPSA) is 45.7 Å². The lowest BCUT2D eigenvalue weighted by atomic mass is 9.78. The molecule has 0 aliphatic carbocycles. The second kappa shape index (κ2) is 7.87. The zero-order valence-corrected chi connectivity index (χ0v) is 14.1. The molecule has 0 amide bonds. The van der Waals surface area contributed by atoms with Gasteiger partial charge < -0.3 is 15.4 Å². The summed E-state index contributed by atoms with van der Waals surface area (Å²) in [5, 5.41) is 6.82. The number of nitrogens with zero attached hydrogens (tertiary/aromatic N) is 1. The number of ether oxygens (including phenoxy) is 1. The molecule has 1 saturated heterocycles. The molecule has 1 rings (SSSR count). The molecule has 4 nitrogen and oxygen atoms in total. The normalized spacial score (nSPS) is 24.9. The van der Waals surface area contributed by atoms with Crippen molar-refractivity contribution >= 4 is 5.96 Å². The fourth-order valence-corrected chi connectivity index (χ4v) is 2.76. The van der Waals surface area contributed by atoms with Crippen molar-refractivity contribution in [1.82, 2.24) is 10.6 Å². The monoisotopic (exact) mass is 283 g/mol. The standard InChI is InChI=1S/C16H33N3O/c1-12(2)10-18-15(17-6)19-11-13-8-7-9-20-14(13)16(3,4)5/h12-14H,7-11H2,1-6H3,(H2,17,18,19). The molecule has 1 heterocycles. The summed E-state index contributed by atoms with van der Waals surface area (Å²) in [6.07, 6.45) is 2.72. The van der Waals surface area contributed by atoms with Crippen molar-refractivity contribution < 1.29 is 4.74 Å². The minimum atomic E-state index is 0.196. The van der Waals surface area contributed by atoms with Crippen molar-refractivity contribution in [3.8, 4) is 0 Å². The Hall–Kier alpha value is -0.770. The van der Waals surface area contributed by atoms with Crippen LogP contribution in [0.3, 0.4) is 0 Å². The molecule has 2 atom stereocenters. The first-order valence-electron chi connectivity index (χ1n) is 7.90. The zero-order valence-electron chi connectivity index (χ0n) is 14.1. The first-order chi connectivity index (χ1) is 9.34. The molecule has 0 aromatic carbocycles. The predicted molar refractivity (Wildman–Crippen MR) is 86.1 cm³/mol. The van der Waals surface area contributed by atoms with Crippen LogP contribution in [-0.4, -0.2) is 38.8 Å². The van der Waals surface area contributed by atoms with Crippen LogP contribution < -0.4 is 10.6 Å². The third kappa shape index (κ3) is 5.70. The molecule has 1 aliphatic heterocycles. The van der Waals surface area contributed by atoms with Crippen LogP contribution in [0, 0.1) is 17.3 Å². The van der Waals surface area contributed by atoms with Gasteiger partial charge >= 0.3 is 0 Å². The van der Waals surface area contributed by atoms with Gasteiger partial charge in [-0.05, 0) is 24.2 Å². The van der Waals surface area contributed by atoms with Crippen molar-refractivity contribution in [3.05, 3.63) is 0 Å². The number of rotatable bonds is 4. The number of hydrogen-bond donors (Lipinski definition) is 2. The van der Waals surface area contributed by atoms with Gasteiger partial charge in [-0.15, -0.1) is 0 Å². The summed E-state index contributed by atoms with van der Waals surface area (Å²) in [7, 11) is 1.83. The highest BCUT2D eigenvalue weighted by Gasteiger charge is 2.35. The Morgan fingerprint density at radius 3 is 2.55 bits per heavy atom. The highest BCUT2D eigenvalue weighted by Crippen LogP contribution is 2.33. The third-order valence-electron chi connectivity index (χ3n) is 3.73. The van der Waals surface area contributed by atoms with Crippen LogP contribution in [0.25, 0.3) is 0 Å². The maximum Gasteiger partial charge on any atom is 0.190 e. The number of guanidine groups is 1. The van der Waals surface area contributed by atoms with Crippen LogP contribution in [0.5, 0.6) is 0 Å². The Kier molecular flexibility index (Phi) is 6.80. The fraction of sp³-hybridized carbons (Fsp3) is 0.938. The number of nitrogens with one attached hydrogen (secondary N) is 2. The van der Waals surface area contributed by atoms with Crippen molar-refractivity contribution in [2.75, 3.05) is 26.7 Å². The average Bonchev–Trinajstić information content (AvgIpc) is 2.38. The first kappa shape index (κ1) is 17.3. The molecular weight excluding hydrogens is 250 g/mol. The third-order valence-corrected chi connectivity index (χ3v) is 3.73. The number of hydrogen-bond acceptors (Lipinski definition) is 2. The largest absolute Gasteiger partial charge is 0.377 e. The van der Waals surface area contributed by atoms with Gasteiger partial charge in [-0.3, -0.25) is 4.99 Å². The average molecular weight is 283 g/mol. The van der Waals surface area contributed by atoms with E-state index in [1.165, 1.54) is 6.42 Å². The minimum absolute atomic E-state index is 0.196. The Labute approximate surface area is 124 Å². The van der Waals surface area contributed by atoms with Crippen LogP contribution >= 0.6 is 0 Å². The zero-order chi connectivity index (χ0) is 15.2. The Morgan fingerprint density at radius 1 is 1.30 bits per heavy atom. The van der Waals surface area contributed by atoms with Crippen molar-refractivity contribution in [3.63, 3.8) is 0 Å². The molecule has 20 heavy (non-hydrogen) atoms. The van der Waals surface area contributed by atoms with Crippen LogP contribution in [-0.2, 0) is 4.74 Å². The van der Waals surface area contributed by atoms with E-state index in [1.807, 2.05) is 7.05 Å². The summed E-state index contributed by atoms with van der Waals surface area (Å²) in [4.78, 5) is 4.29. The Morgan fingerprint density at radius 2 is 2.00 bits per heavy atom. The van der Waals surface area contributed by atoms with Crippen LogP contribution in [0.4, 0.5) is 0 Å². The highest BCUT2D eigenvalue weighted by atomic mass is 16.5. The highest BCUT2D eigenvalue weighted by molar-refractivity contribution is 5.79. The van der Waals surface area contributed by atoms with Gasteiger partial charge in [-0.2, -0.15) is 0 Å². The summed E-state index contributed by atoms with van der Waals surface area (Å²) < 4.78 is 6.02.